The van der Waals surface area contributed by atoms with Gasteiger partial charge in [-0.25, -0.2) is 9.78 Å². The number of pyridine rings is 1. The van der Waals surface area contributed by atoms with E-state index >= 15 is 0 Å². The summed E-state index contributed by atoms with van der Waals surface area (Å²) >= 11 is 0. The van der Waals surface area contributed by atoms with Crippen molar-refractivity contribution in [1.29, 1.82) is 0 Å². The van der Waals surface area contributed by atoms with Crippen LogP contribution in [0.4, 0.5) is 11.5 Å². The molecule has 0 spiro atoms. The number of aromatic nitrogens is 1. The molecule has 17 heavy (non-hydrogen) atoms. The number of carboxylic acids is 1. The van der Waals surface area contributed by atoms with Crippen molar-refractivity contribution < 1.29 is 9.90 Å². The topological polar surface area (TPSA) is 88.2 Å². The Morgan fingerprint density at radius 2 is 2.18 bits per heavy atom. The summed E-state index contributed by atoms with van der Waals surface area (Å²) in [4.78, 5) is 14.7. The lowest BCUT2D eigenvalue weighted by molar-refractivity contribution is 0.0696. The number of nitrogens with one attached hydrogen (secondary N) is 1. The van der Waals surface area contributed by atoms with Gasteiger partial charge in [-0.05, 0) is 17.9 Å². The number of aromatic carboxylic acids is 1. The summed E-state index contributed by atoms with van der Waals surface area (Å²) in [6, 6.07) is 1.41. The van der Waals surface area contributed by atoms with E-state index in [1.807, 2.05) is 0 Å². The Morgan fingerprint density at radius 1 is 1.53 bits per heavy atom. The summed E-state index contributed by atoms with van der Waals surface area (Å²) in [5.74, 6) is -0.482. The fraction of sp³-hybridized carbons (Fsp3) is 0.500. The van der Waals surface area contributed by atoms with Gasteiger partial charge < -0.3 is 16.2 Å². The molecule has 1 rings (SSSR count). The zero-order chi connectivity index (χ0) is 13.1. The molecule has 1 aromatic rings. The lowest BCUT2D eigenvalue weighted by atomic mass is 9.92. The van der Waals surface area contributed by atoms with Crippen molar-refractivity contribution in [2.45, 2.75) is 27.2 Å². The lowest BCUT2D eigenvalue weighted by Crippen LogP contribution is -2.14. The maximum absolute atomic E-state index is 10.7. The van der Waals surface area contributed by atoms with E-state index in [2.05, 4.69) is 31.1 Å². The summed E-state index contributed by atoms with van der Waals surface area (Å²) in [6.07, 6.45) is 2.28. The van der Waals surface area contributed by atoms with Crippen LogP contribution in [0.2, 0.25) is 0 Å². The van der Waals surface area contributed by atoms with Gasteiger partial charge in [0.1, 0.15) is 5.82 Å². The largest absolute Gasteiger partial charge is 0.478 e. The van der Waals surface area contributed by atoms with Crippen LogP contribution in [0.1, 0.15) is 37.6 Å². The van der Waals surface area contributed by atoms with Crippen molar-refractivity contribution in [3.05, 3.63) is 17.8 Å². The maximum atomic E-state index is 10.7. The molecule has 0 aliphatic rings. The van der Waals surface area contributed by atoms with Gasteiger partial charge in [0, 0.05) is 12.7 Å². The number of nitrogens with zero attached hydrogens (tertiary/aromatic N) is 1. The van der Waals surface area contributed by atoms with Crippen LogP contribution < -0.4 is 11.1 Å². The number of rotatable bonds is 4. The molecule has 0 saturated heterocycles. The highest BCUT2D eigenvalue weighted by molar-refractivity contribution is 5.89. The quantitative estimate of drug-likeness (QED) is 0.747. The highest BCUT2D eigenvalue weighted by Crippen LogP contribution is 2.20. The first-order chi connectivity index (χ1) is 7.79. The van der Waals surface area contributed by atoms with Crippen molar-refractivity contribution in [3.8, 4) is 0 Å². The van der Waals surface area contributed by atoms with Gasteiger partial charge in [-0.15, -0.1) is 0 Å². The molecule has 0 saturated carbocycles. The van der Waals surface area contributed by atoms with Crippen LogP contribution in [0.15, 0.2) is 12.3 Å². The lowest BCUT2D eigenvalue weighted by Gasteiger charge is -2.18. The molecule has 5 nitrogen and oxygen atoms in total. The van der Waals surface area contributed by atoms with Crippen molar-refractivity contribution in [1.82, 2.24) is 4.98 Å². The molecule has 94 valence electrons. The molecule has 5 heteroatoms. The van der Waals surface area contributed by atoms with E-state index in [9.17, 15) is 4.79 Å². The molecule has 0 atom stereocenters. The number of nitrogen functional groups attached to an aromatic ring is 1. The van der Waals surface area contributed by atoms with Crippen LogP contribution in [-0.4, -0.2) is 22.6 Å². The Balaban J connectivity index is 2.64. The van der Waals surface area contributed by atoms with Crippen LogP contribution in [0, 0.1) is 5.41 Å². The zero-order valence-electron chi connectivity index (χ0n) is 10.4. The third-order valence-electron chi connectivity index (χ3n) is 2.33. The smallest absolute Gasteiger partial charge is 0.337 e. The van der Waals surface area contributed by atoms with Gasteiger partial charge in [0.2, 0.25) is 0 Å². The van der Waals surface area contributed by atoms with E-state index in [-0.39, 0.29) is 11.0 Å². The molecule has 1 aromatic heterocycles. The van der Waals surface area contributed by atoms with Gasteiger partial charge in [-0.2, -0.15) is 0 Å². The summed E-state index contributed by atoms with van der Waals surface area (Å²) in [5.41, 5.74) is 6.42. The number of hydrogen-bond acceptors (Lipinski definition) is 4. The monoisotopic (exact) mass is 237 g/mol. The molecule has 0 aliphatic heterocycles. The Hall–Kier alpha value is -1.78. The Morgan fingerprint density at radius 3 is 2.65 bits per heavy atom. The summed E-state index contributed by atoms with van der Waals surface area (Å²) in [7, 11) is 0. The summed E-state index contributed by atoms with van der Waals surface area (Å²) < 4.78 is 0. The van der Waals surface area contributed by atoms with Crippen LogP contribution in [0.5, 0.6) is 0 Å². The third-order valence-corrected chi connectivity index (χ3v) is 2.33. The van der Waals surface area contributed by atoms with Crippen molar-refractivity contribution in [2.75, 3.05) is 17.6 Å². The van der Waals surface area contributed by atoms with Crippen LogP contribution >= 0.6 is 0 Å². The van der Waals surface area contributed by atoms with Gasteiger partial charge in [0.15, 0.2) is 0 Å². The second kappa shape index (κ2) is 5.03. The van der Waals surface area contributed by atoms with Crippen LogP contribution in [0.3, 0.4) is 0 Å². The second-order valence-electron chi connectivity index (χ2n) is 5.20. The van der Waals surface area contributed by atoms with E-state index in [1.54, 1.807) is 0 Å². The summed E-state index contributed by atoms with van der Waals surface area (Å²) in [5, 5.41) is 11.9. The maximum Gasteiger partial charge on any atom is 0.337 e. The van der Waals surface area contributed by atoms with E-state index in [1.165, 1.54) is 12.3 Å². The number of carbonyl (C=O) groups is 1. The van der Waals surface area contributed by atoms with Gasteiger partial charge in [-0.3, -0.25) is 0 Å². The zero-order valence-corrected chi connectivity index (χ0v) is 10.4. The first-order valence-electron chi connectivity index (χ1n) is 5.52. The molecule has 0 amide bonds. The van der Waals surface area contributed by atoms with E-state index < -0.39 is 5.97 Å². The van der Waals surface area contributed by atoms with Crippen LogP contribution in [-0.2, 0) is 0 Å². The summed E-state index contributed by atoms with van der Waals surface area (Å²) in [6.45, 7) is 7.21. The number of hydrogen-bond donors (Lipinski definition) is 3. The first-order valence-corrected chi connectivity index (χ1v) is 5.52. The molecular weight excluding hydrogens is 218 g/mol. The van der Waals surface area contributed by atoms with Crippen molar-refractivity contribution in [2.24, 2.45) is 5.41 Å². The molecule has 0 aromatic carbocycles. The predicted molar refractivity (Wildman–Crippen MR) is 68.2 cm³/mol. The highest BCUT2D eigenvalue weighted by atomic mass is 16.4. The van der Waals surface area contributed by atoms with E-state index in [4.69, 9.17) is 10.8 Å². The fourth-order valence-electron chi connectivity index (χ4n) is 1.30. The Bertz CT molecular complexity index is 411. The van der Waals surface area contributed by atoms with Gasteiger partial charge >= 0.3 is 5.97 Å². The minimum absolute atomic E-state index is 0.101. The normalized spacial score (nSPS) is 11.2. The fourth-order valence-corrected chi connectivity index (χ4v) is 1.30. The van der Waals surface area contributed by atoms with Gasteiger partial charge in [0.25, 0.3) is 0 Å². The molecule has 0 bridgehead atoms. The van der Waals surface area contributed by atoms with Gasteiger partial charge in [0.05, 0.1) is 11.3 Å². The van der Waals surface area contributed by atoms with Crippen molar-refractivity contribution in [3.63, 3.8) is 0 Å². The third kappa shape index (κ3) is 4.30. The SMILES string of the molecule is CC(C)(C)CCNc1ncc(C(=O)O)cc1N. The second-order valence-corrected chi connectivity index (χ2v) is 5.20. The molecule has 4 N–H and O–H groups in total. The minimum Gasteiger partial charge on any atom is -0.478 e. The Kier molecular flexibility index (Phi) is 3.93. The highest BCUT2D eigenvalue weighted by Gasteiger charge is 2.11. The predicted octanol–water partition coefficient (Wildman–Crippen LogP) is 2.21. The Labute approximate surface area is 101 Å². The van der Waals surface area contributed by atoms with E-state index in [0.29, 0.717) is 11.5 Å². The average Bonchev–Trinajstić information content (AvgIpc) is 2.18. The van der Waals surface area contributed by atoms with Crippen molar-refractivity contribution >= 4 is 17.5 Å². The molecule has 0 radical (unpaired) electrons. The molecular formula is C12H19N3O2. The van der Waals surface area contributed by atoms with Gasteiger partial charge in [-0.1, -0.05) is 20.8 Å². The number of anilines is 2. The minimum atomic E-state index is -1.02. The molecule has 1 heterocycles. The number of carboxylic acid groups (broad SMARTS) is 1. The molecule has 0 fully saturated rings. The number of nitrogens with two attached hydrogens (primary N) is 1. The molecule has 0 aliphatic carbocycles. The van der Waals surface area contributed by atoms with Crippen LogP contribution in [0.25, 0.3) is 0 Å². The standard InChI is InChI=1S/C12H19N3O2/c1-12(2,3)4-5-14-10-9(13)6-8(7-15-10)11(16)17/h6-7H,4-5,13H2,1-3H3,(H,14,15)(H,16,17). The van der Waals surface area contributed by atoms with E-state index in [0.717, 1.165) is 13.0 Å². The first kappa shape index (κ1) is 13.3. The average molecular weight is 237 g/mol. The molecule has 0 unspecified atom stereocenters.